The Labute approximate surface area is 208 Å². The third-order valence-electron chi connectivity index (χ3n) is 7.85. The highest BCUT2D eigenvalue weighted by atomic mass is 16.5. The largest absolute Gasteiger partial charge is 0.378 e. The second-order valence-electron chi connectivity index (χ2n) is 10.3. The van der Waals surface area contributed by atoms with Crippen LogP contribution >= 0.6 is 0 Å². The monoisotopic (exact) mass is 476 g/mol. The molecule has 1 aliphatic heterocycles. The number of hydrogen-bond acceptors (Lipinski definition) is 6. The number of benzene rings is 1. The normalized spacial score (nSPS) is 24.7. The number of primary amides is 1. The number of hydrogen-bond donors (Lipinski definition) is 1. The van der Waals surface area contributed by atoms with E-state index in [1.807, 2.05) is 4.90 Å². The molecule has 1 aliphatic carbocycles. The number of carbonyl (C=O) groups excluding carboxylic acids is 1. The number of aromatic nitrogens is 1. The summed E-state index contributed by atoms with van der Waals surface area (Å²) >= 11 is 0. The van der Waals surface area contributed by atoms with Crippen molar-refractivity contribution in [2.24, 2.45) is 11.1 Å². The molecule has 4 rings (SSSR count). The fourth-order valence-corrected chi connectivity index (χ4v) is 5.55. The fraction of sp³-hybridized carbons (Fsp3) is 0.519. The van der Waals surface area contributed by atoms with Gasteiger partial charge in [-0.05, 0) is 56.8 Å². The number of nitriles is 1. The number of anilines is 2. The molecule has 0 radical (unpaired) electrons. The molecule has 1 aromatic carbocycles. The molecule has 0 unspecified atom stereocenters. The van der Waals surface area contributed by atoms with Gasteiger partial charge in [0, 0.05) is 25.2 Å². The zero-order chi connectivity index (χ0) is 25.1. The molecule has 2 aromatic rings. The number of ether oxygens (including phenoxy) is 1. The second-order valence-corrected chi connectivity index (χ2v) is 10.3. The van der Waals surface area contributed by atoms with Crippen molar-refractivity contribution in [1.82, 2.24) is 9.88 Å². The molecule has 8 nitrogen and oxygen atoms in total. The van der Waals surface area contributed by atoms with Crippen LogP contribution in [0.4, 0.5) is 16.3 Å². The van der Waals surface area contributed by atoms with Crippen molar-refractivity contribution in [1.29, 1.82) is 5.26 Å². The summed E-state index contributed by atoms with van der Waals surface area (Å²) in [5.74, 6) is 0.631. The fourth-order valence-electron chi connectivity index (χ4n) is 5.55. The first-order valence-corrected chi connectivity index (χ1v) is 12.3. The molecule has 2 heterocycles. The number of nitrogens with zero attached hydrogens (tertiary/aromatic N) is 5. The minimum Gasteiger partial charge on any atom is -0.378 e. The van der Waals surface area contributed by atoms with Gasteiger partial charge in [-0.2, -0.15) is 5.26 Å². The van der Waals surface area contributed by atoms with Gasteiger partial charge in [0.15, 0.2) is 0 Å². The van der Waals surface area contributed by atoms with Crippen molar-refractivity contribution >= 4 is 17.5 Å². The van der Waals surface area contributed by atoms with Crippen LogP contribution in [-0.4, -0.2) is 62.9 Å². The topological polar surface area (TPSA) is 98.7 Å². The molecule has 0 spiro atoms. The third kappa shape index (κ3) is 5.12. The maximum atomic E-state index is 12.6. The Morgan fingerprint density at radius 1 is 1.17 bits per heavy atom. The highest BCUT2D eigenvalue weighted by molar-refractivity contribution is 5.91. The number of pyridine rings is 1. The summed E-state index contributed by atoms with van der Waals surface area (Å²) in [5.41, 5.74) is 8.08. The van der Waals surface area contributed by atoms with Crippen LogP contribution in [0.2, 0.25) is 0 Å². The lowest BCUT2D eigenvalue weighted by Crippen LogP contribution is -2.50. The van der Waals surface area contributed by atoms with Gasteiger partial charge in [-0.1, -0.05) is 37.3 Å². The molecule has 1 aromatic heterocycles. The molecular formula is C27H36N6O2. The lowest BCUT2D eigenvalue weighted by atomic mass is 9.65. The molecule has 2 fully saturated rings. The van der Waals surface area contributed by atoms with Crippen LogP contribution in [0.25, 0.3) is 0 Å². The van der Waals surface area contributed by atoms with Crippen molar-refractivity contribution in [2.45, 2.75) is 38.1 Å². The first kappa shape index (κ1) is 25.0. The highest BCUT2D eigenvalue weighted by Crippen LogP contribution is 2.48. The number of morpholine rings is 1. The van der Waals surface area contributed by atoms with E-state index in [9.17, 15) is 10.1 Å². The van der Waals surface area contributed by atoms with Gasteiger partial charge in [-0.25, -0.2) is 9.78 Å². The molecule has 1 saturated carbocycles. The van der Waals surface area contributed by atoms with Crippen LogP contribution in [0.15, 0.2) is 42.6 Å². The van der Waals surface area contributed by atoms with E-state index in [4.69, 9.17) is 10.5 Å². The maximum absolute atomic E-state index is 12.6. The van der Waals surface area contributed by atoms with E-state index in [1.54, 1.807) is 17.2 Å². The molecular weight excluding hydrogens is 440 g/mol. The molecule has 0 atom stereocenters. The molecule has 2 N–H and O–H groups in total. The van der Waals surface area contributed by atoms with E-state index in [0.717, 1.165) is 25.7 Å². The Bertz CT molecular complexity index is 1070. The number of amides is 2. The number of rotatable bonds is 6. The Morgan fingerprint density at radius 3 is 2.40 bits per heavy atom. The van der Waals surface area contributed by atoms with Gasteiger partial charge in [0.2, 0.25) is 0 Å². The van der Waals surface area contributed by atoms with Gasteiger partial charge >= 0.3 is 6.03 Å². The minimum atomic E-state index is -0.524. The summed E-state index contributed by atoms with van der Waals surface area (Å²) < 4.78 is 5.42. The summed E-state index contributed by atoms with van der Waals surface area (Å²) in [4.78, 5) is 23.1. The van der Waals surface area contributed by atoms with Crippen LogP contribution in [0.5, 0.6) is 0 Å². The number of nitrogens with two attached hydrogens (primary N) is 1. The zero-order valence-electron chi connectivity index (χ0n) is 21.0. The minimum absolute atomic E-state index is 0.0202. The van der Waals surface area contributed by atoms with Gasteiger partial charge in [0.05, 0.1) is 30.7 Å². The Hall–Kier alpha value is -3.15. The van der Waals surface area contributed by atoms with Gasteiger partial charge in [0.25, 0.3) is 0 Å². The first-order chi connectivity index (χ1) is 16.8. The Balaban J connectivity index is 1.54. The van der Waals surface area contributed by atoms with E-state index in [-0.39, 0.29) is 11.0 Å². The van der Waals surface area contributed by atoms with Gasteiger partial charge < -0.3 is 15.4 Å². The summed E-state index contributed by atoms with van der Waals surface area (Å²) in [6, 6.07) is 14.1. The van der Waals surface area contributed by atoms with Crippen molar-refractivity contribution in [3.05, 3.63) is 53.7 Å². The van der Waals surface area contributed by atoms with Gasteiger partial charge in [0.1, 0.15) is 11.9 Å². The van der Waals surface area contributed by atoms with Crippen LogP contribution in [-0.2, 0) is 10.3 Å². The molecule has 2 amide bonds. The van der Waals surface area contributed by atoms with Gasteiger partial charge in [-0.3, -0.25) is 9.80 Å². The maximum Gasteiger partial charge on any atom is 0.319 e. The number of carbonyl (C=O) groups is 1. The van der Waals surface area contributed by atoms with Crippen molar-refractivity contribution in [2.75, 3.05) is 56.7 Å². The van der Waals surface area contributed by atoms with Gasteiger partial charge in [-0.15, -0.1) is 0 Å². The van der Waals surface area contributed by atoms with E-state index in [0.29, 0.717) is 49.9 Å². The molecule has 186 valence electrons. The first-order valence-electron chi connectivity index (χ1n) is 12.3. The summed E-state index contributed by atoms with van der Waals surface area (Å²) in [6.45, 7) is 5.31. The summed E-state index contributed by atoms with van der Waals surface area (Å²) in [6.07, 6.45) is 5.55. The Morgan fingerprint density at radius 2 is 1.83 bits per heavy atom. The average Bonchev–Trinajstić information content (AvgIpc) is 2.88. The molecule has 0 bridgehead atoms. The predicted molar refractivity (Wildman–Crippen MR) is 137 cm³/mol. The third-order valence-corrected chi connectivity index (χ3v) is 7.85. The molecule has 8 heteroatoms. The number of urea groups is 1. The van der Waals surface area contributed by atoms with Crippen molar-refractivity contribution in [3.63, 3.8) is 0 Å². The van der Waals surface area contributed by atoms with Crippen molar-refractivity contribution < 1.29 is 9.53 Å². The smallest absolute Gasteiger partial charge is 0.319 e. The quantitative estimate of drug-likeness (QED) is 0.682. The van der Waals surface area contributed by atoms with E-state index in [1.165, 1.54) is 5.56 Å². The molecule has 2 aliphatic rings. The van der Waals surface area contributed by atoms with Crippen LogP contribution < -0.4 is 15.5 Å². The predicted octanol–water partition coefficient (Wildman–Crippen LogP) is 3.71. The lowest BCUT2D eigenvalue weighted by molar-refractivity contribution is 0.0459. The standard InChI is InChI=1S/C27H36N6O2/c1-26(9-11-27(12-10-26,31(2)3)22-7-5-4-6-8-22)20-33(25(29)34)23-17-21(18-28)24(30-19-23)32-13-15-35-16-14-32/h4-8,17,19H,9-16,20H2,1-3H3,(H2,29,34). The van der Waals surface area contributed by atoms with Crippen molar-refractivity contribution in [3.8, 4) is 6.07 Å². The SMILES string of the molecule is CN(C)C1(c2ccccc2)CCC(C)(CN(C(N)=O)c2cnc(N3CCOCC3)c(C#N)c2)CC1. The van der Waals surface area contributed by atoms with Crippen LogP contribution in [0.1, 0.15) is 43.7 Å². The molecule has 35 heavy (non-hydrogen) atoms. The highest BCUT2D eigenvalue weighted by Gasteiger charge is 2.44. The second kappa shape index (κ2) is 10.2. The van der Waals surface area contributed by atoms with E-state index < -0.39 is 6.03 Å². The summed E-state index contributed by atoms with van der Waals surface area (Å²) in [7, 11) is 4.30. The lowest BCUT2D eigenvalue weighted by Gasteiger charge is -2.50. The van der Waals surface area contributed by atoms with Crippen LogP contribution in [0.3, 0.4) is 0 Å². The Kier molecular flexibility index (Phi) is 7.29. The van der Waals surface area contributed by atoms with Crippen LogP contribution in [0, 0.1) is 16.7 Å². The van der Waals surface area contributed by atoms with E-state index in [2.05, 4.69) is 67.3 Å². The van der Waals surface area contributed by atoms with E-state index >= 15 is 0 Å². The average molecular weight is 477 g/mol. The zero-order valence-corrected chi connectivity index (χ0v) is 21.0. The molecule has 1 saturated heterocycles. The summed E-state index contributed by atoms with van der Waals surface area (Å²) in [5, 5.41) is 9.80.